The topological polar surface area (TPSA) is 58.0 Å². The van der Waals surface area contributed by atoms with Crippen LogP contribution in [0.15, 0.2) is 12.4 Å². The van der Waals surface area contributed by atoms with Gasteiger partial charge in [0.2, 0.25) is 0 Å². The largest absolute Gasteiger partial charge is 0.394 e. The fourth-order valence-electron chi connectivity index (χ4n) is 1.17. The zero-order valence-corrected chi connectivity index (χ0v) is 8.70. The number of nitrogens with zero attached hydrogens (tertiary/aromatic N) is 2. The number of aliphatic hydroxyl groups is 1. The van der Waals surface area contributed by atoms with Crippen molar-refractivity contribution in [2.24, 2.45) is 0 Å². The fraction of sp³-hybridized carbons (Fsp3) is 0.600. The van der Waals surface area contributed by atoms with E-state index in [4.69, 9.17) is 5.11 Å². The van der Waals surface area contributed by atoms with Crippen LogP contribution in [-0.4, -0.2) is 27.7 Å². The number of hydrogen-bond acceptors (Lipinski definition) is 4. The lowest BCUT2D eigenvalue weighted by atomic mass is 10.2. The first kappa shape index (κ1) is 10.9. The van der Waals surface area contributed by atoms with Crippen LogP contribution in [-0.2, 0) is 6.42 Å². The van der Waals surface area contributed by atoms with Gasteiger partial charge in [-0.05, 0) is 13.3 Å². The van der Waals surface area contributed by atoms with Crippen molar-refractivity contribution in [3.8, 4) is 0 Å². The number of aliphatic hydroxyl groups excluding tert-OH is 1. The number of hydrogen-bond donors (Lipinski definition) is 2. The summed E-state index contributed by atoms with van der Waals surface area (Å²) in [6, 6.07) is 1.95. The van der Waals surface area contributed by atoms with E-state index in [0.717, 1.165) is 24.4 Å². The minimum absolute atomic E-state index is 0.0272. The summed E-state index contributed by atoms with van der Waals surface area (Å²) in [7, 11) is 0. The van der Waals surface area contributed by atoms with Gasteiger partial charge in [-0.1, -0.05) is 13.3 Å². The van der Waals surface area contributed by atoms with Crippen molar-refractivity contribution >= 4 is 5.82 Å². The summed E-state index contributed by atoms with van der Waals surface area (Å²) in [5, 5.41) is 12.0. The van der Waals surface area contributed by atoms with E-state index in [1.807, 2.05) is 13.0 Å². The average Bonchev–Trinajstić information content (AvgIpc) is 2.19. The van der Waals surface area contributed by atoms with Gasteiger partial charge in [-0.25, -0.2) is 9.97 Å². The third-order valence-electron chi connectivity index (χ3n) is 1.90. The number of nitrogens with one attached hydrogen (secondary N) is 1. The maximum atomic E-state index is 8.86. The standard InChI is InChI=1S/C10H17N3O/c1-3-4-9-5-10(12-7-11-9)13-8(2)6-14/h5,7-8,14H,3-4,6H2,1-2H3,(H,11,12,13). The van der Waals surface area contributed by atoms with E-state index in [1.54, 1.807) is 6.33 Å². The van der Waals surface area contributed by atoms with Crippen LogP contribution >= 0.6 is 0 Å². The molecule has 0 saturated heterocycles. The molecular weight excluding hydrogens is 178 g/mol. The maximum absolute atomic E-state index is 8.86. The SMILES string of the molecule is CCCc1cc(NC(C)CO)ncn1. The van der Waals surface area contributed by atoms with Gasteiger partial charge in [0.25, 0.3) is 0 Å². The van der Waals surface area contributed by atoms with E-state index < -0.39 is 0 Å². The van der Waals surface area contributed by atoms with E-state index in [2.05, 4.69) is 22.2 Å². The van der Waals surface area contributed by atoms with Crippen molar-refractivity contribution < 1.29 is 5.11 Å². The second kappa shape index (κ2) is 5.54. The normalized spacial score (nSPS) is 12.5. The van der Waals surface area contributed by atoms with Crippen molar-refractivity contribution in [2.45, 2.75) is 32.7 Å². The summed E-state index contributed by atoms with van der Waals surface area (Å²) in [5.41, 5.74) is 1.04. The number of aryl methyl sites for hydroxylation is 1. The molecule has 4 heteroatoms. The highest BCUT2D eigenvalue weighted by Gasteiger charge is 2.01. The molecule has 2 N–H and O–H groups in total. The second-order valence-corrected chi connectivity index (χ2v) is 3.37. The summed E-state index contributed by atoms with van der Waals surface area (Å²) in [6.07, 6.45) is 3.59. The monoisotopic (exact) mass is 195 g/mol. The Labute approximate surface area is 84.4 Å². The van der Waals surface area contributed by atoms with Gasteiger partial charge >= 0.3 is 0 Å². The van der Waals surface area contributed by atoms with Gasteiger partial charge in [-0.3, -0.25) is 0 Å². The van der Waals surface area contributed by atoms with Crippen LogP contribution in [0.4, 0.5) is 5.82 Å². The zero-order valence-electron chi connectivity index (χ0n) is 8.70. The van der Waals surface area contributed by atoms with Crippen molar-refractivity contribution in [2.75, 3.05) is 11.9 Å². The van der Waals surface area contributed by atoms with E-state index in [0.29, 0.717) is 0 Å². The van der Waals surface area contributed by atoms with Crippen LogP contribution in [0.3, 0.4) is 0 Å². The molecule has 1 unspecified atom stereocenters. The van der Waals surface area contributed by atoms with E-state index in [9.17, 15) is 0 Å². The highest BCUT2D eigenvalue weighted by molar-refractivity contribution is 5.35. The third kappa shape index (κ3) is 3.30. The summed E-state index contributed by atoms with van der Waals surface area (Å²) in [5.74, 6) is 0.782. The molecule has 0 amide bonds. The first-order valence-electron chi connectivity index (χ1n) is 4.94. The van der Waals surface area contributed by atoms with Gasteiger partial charge in [0.15, 0.2) is 0 Å². The first-order chi connectivity index (χ1) is 6.76. The molecule has 0 fully saturated rings. The Bertz CT molecular complexity index is 278. The van der Waals surface area contributed by atoms with Gasteiger partial charge in [0.1, 0.15) is 12.1 Å². The predicted octanol–water partition coefficient (Wildman–Crippen LogP) is 1.22. The van der Waals surface area contributed by atoms with Crippen molar-refractivity contribution in [3.05, 3.63) is 18.1 Å². The van der Waals surface area contributed by atoms with Gasteiger partial charge < -0.3 is 10.4 Å². The summed E-state index contributed by atoms with van der Waals surface area (Å²) >= 11 is 0. The summed E-state index contributed by atoms with van der Waals surface area (Å²) < 4.78 is 0. The van der Waals surface area contributed by atoms with E-state index in [1.165, 1.54) is 0 Å². The van der Waals surface area contributed by atoms with E-state index >= 15 is 0 Å². The molecule has 0 bridgehead atoms. The van der Waals surface area contributed by atoms with Gasteiger partial charge in [-0.15, -0.1) is 0 Å². The van der Waals surface area contributed by atoms with Crippen molar-refractivity contribution in [3.63, 3.8) is 0 Å². The zero-order chi connectivity index (χ0) is 10.4. The molecule has 0 radical (unpaired) electrons. The van der Waals surface area contributed by atoms with Crippen LogP contribution in [0.25, 0.3) is 0 Å². The molecule has 0 saturated carbocycles. The lowest BCUT2D eigenvalue weighted by molar-refractivity contribution is 0.281. The van der Waals surface area contributed by atoms with Crippen LogP contribution in [0.5, 0.6) is 0 Å². The number of aromatic nitrogens is 2. The summed E-state index contributed by atoms with van der Waals surface area (Å²) in [4.78, 5) is 8.22. The number of anilines is 1. The molecule has 14 heavy (non-hydrogen) atoms. The highest BCUT2D eigenvalue weighted by Crippen LogP contribution is 2.06. The second-order valence-electron chi connectivity index (χ2n) is 3.37. The Kier molecular flexibility index (Phi) is 4.32. The Morgan fingerprint density at radius 3 is 2.93 bits per heavy atom. The summed E-state index contributed by atoms with van der Waals surface area (Å²) in [6.45, 7) is 4.13. The minimum atomic E-state index is 0.0272. The quantitative estimate of drug-likeness (QED) is 0.741. The Morgan fingerprint density at radius 1 is 1.50 bits per heavy atom. The van der Waals surface area contributed by atoms with Crippen molar-refractivity contribution in [1.29, 1.82) is 0 Å². The minimum Gasteiger partial charge on any atom is -0.394 e. The van der Waals surface area contributed by atoms with Gasteiger partial charge in [-0.2, -0.15) is 0 Å². The van der Waals surface area contributed by atoms with E-state index in [-0.39, 0.29) is 12.6 Å². The van der Waals surface area contributed by atoms with Gasteiger partial charge in [0.05, 0.1) is 6.61 Å². The molecule has 0 aliphatic rings. The molecule has 1 aromatic rings. The average molecular weight is 195 g/mol. The third-order valence-corrected chi connectivity index (χ3v) is 1.90. The molecule has 1 heterocycles. The highest BCUT2D eigenvalue weighted by atomic mass is 16.3. The smallest absolute Gasteiger partial charge is 0.129 e. The molecule has 1 rings (SSSR count). The molecule has 0 aliphatic heterocycles. The van der Waals surface area contributed by atoms with Crippen LogP contribution in [0.2, 0.25) is 0 Å². The molecule has 0 spiro atoms. The Morgan fingerprint density at radius 2 is 2.29 bits per heavy atom. The van der Waals surface area contributed by atoms with Crippen LogP contribution < -0.4 is 5.32 Å². The van der Waals surface area contributed by atoms with Crippen molar-refractivity contribution in [1.82, 2.24) is 9.97 Å². The molecule has 0 aliphatic carbocycles. The first-order valence-corrected chi connectivity index (χ1v) is 4.94. The maximum Gasteiger partial charge on any atom is 0.129 e. The molecular formula is C10H17N3O. The fourth-order valence-corrected chi connectivity index (χ4v) is 1.17. The number of rotatable bonds is 5. The lowest BCUT2D eigenvalue weighted by Gasteiger charge is -2.11. The molecule has 1 atom stereocenters. The van der Waals surface area contributed by atoms with Gasteiger partial charge in [0, 0.05) is 17.8 Å². The predicted molar refractivity (Wildman–Crippen MR) is 56.2 cm³/mol. The molecule has 4 nitrogen and oxygen atoms in total. The van der Waals surface area contributed by atoms with Crippen LogP contribution in [0, 0.1) is 0 Å². The Hall–Kier alpha value is -1.16. The molecule has 78 valence electrons. The van der Waals surface area contributed by atoms with Crippen LogP contribution in [0.1, 0.15) is 26.0 Å². The lowest BCUT2D eigenvalue weighted by Crippen LogP contribution is -2.20. The molecule has 1 aromatic heterocycles. The molecule has 0 aromatic carbocycles. The Balaban J connectivity index is 2.63.